The van der Waals surface area contributed by atoms with Gasteiger partial charge in [-0.1, -0.05) is 38.1 Å². The second-order valence-corrected chi connectivity index (χ2v) is 9.16. The van der Waals surface area contributed by atoms with Crippen molar-refractivity contribution < 1.29 is 14.1 Å². The Morgan fingerprint density at radius 1 is 1.20 bits per heavy atom. The molecule has 1 heterocycles. The quantitative estimate of drug-likeness (QED) is 0.586. The minimum absolute atomic E-state index is 0.0381. The van der Waals surface area contributed by atoms with Crippen molar-refractivity contribution >= 4 is 28.4 Å². The Bertz CT molecular complexity index is 1080. The lowest BCUT2D eigenvalue weighted by molar-refractivity contribution is -0.116. The van der Waals surface area contributed by atoms with Gasteiger partial charge < -0.3 is 19.5 Å². The fraction of sp³-hybridized carbons (Fsp3) is 0.417. The lowest BCUT2D eigenvalue weighted by Gasteiger charge is -2.24. The molecule has 158 valence electrons. The van der Waals surface area contributed by atoms with E-state index in [0.29, 0.717) is 5.75 Å². The Balaban J connectivity index is 1.73. The number of amides is 1. The molecule has 0 unspecified atom stereocenters. The molecule has 1 N–H and O–H groups in total. The van der Waals surface area contributed by atoms with Crippen molar-refractivity contribution in [2.75, 3.05) is 23.9 Å². The number of benzene rings is 2. The number of hydrogen-bond acceptors (Lipinski definition) is 5. The first-order chi connectivity index (χ1) is 14.3. The van der Waals surface area contributed by atoms with Gasteiger partial charge in [-0.15, -0.1) is 0 Å². The molecule has 1 aliphatic carbocycles. The molecule has 1 saturated carbocycles. The van der Waals surface area contributed by atoms with Crippen LogP contribution in [0.2, 0.25) is 0 Å². The molecule has 30 heavy (non-hydrogen) atoms. The topological polar surface area (TPSA) is 67.6 Å². The SMILES string of the molecule is COc1ccc(-c2ccc3onc(NCC(C)(C)C)c3c2)cc1N(C(C)=O)C1CC1. The van der Waals surface area contributed by atoms with Gasteiger partial charge in [-0.25, -0.2) is 0 Å². The van der Waals surface area contributed by atoms with Crippen molar-refractivity contribution in [3.05, 3.63) is 36.4 Å². The number of carbonyl (C=O) groups excluding carboxylic acids is 1. The van der Waals surface area contributed by atoms with Crippen LogP contribution in [0.4, 0.5) is 11.5 Å². The number of aromatic nitrogens is 1. The summed E-state index contributed by atoms with van der Waals surface area (Å²) in [6.07, 6.45) is 2.06. The molecule has 4 rings (SSSR count). The molecule has 0 aliphatic heterocycles. The summed E-state index contributed by atoms with van der Waals surface area (Å²) in [6.45, 7) is 8.93. The number of nitrogens with one attached hydrogen (secondary N) is 1. The van der Waals surface area contributed by atoms with E-state index >= 15 is 0 Å². The number of carbonyl (C=O) groups is 1. The van der Waals surface area contributed by atoms with Crippen LogP contribution in [0.3, 0.4) is 0 Å². The number of hydrogen-bond donors (Lipinski definition) is 1. The lowest BCUT2D eigenvalue weighted by Crippen LogP contribution is -2.31. The summed E-state index contributed by atoms with van der Waals surface area (Å²) in [4.78, 5) is 14.2. The second-order valence-electron chi connectivity index (χ2n) is 9.16. The predicted octanol–water partition coefficient (Wildman–Crippen LogP) is 5.48. The average Bonchev–Trinajstić information content (AvgIpc) is 3.44. The smallest absolute Gasteiger partial charge is 0.224 e. The minimum atomic E-state index is 0.0381. The molecule has 3 aromatic rings. The van der Waals surface area contributed by atoms with Crippen molar-refractivity contribution in [1.29, 1.82) is 0 Å². The van der Waals surface area contributed by atoms with E-state index in [1.807, 2.05) is 35.2 Å². The van der Waals surface area contributed by atoms with E-state index in [2.05, 4.69) is 37.3 Å². The molecule has 6 heteroatoms. The highest BCUT2D eigenvalue weighted by molar-refractivity contribution is 5.96. The van der Waals surface area contributed by atoms with E-state index in [-0.39, 0.29) is 17.4 Å². The van der Waals surface area contributed by atoms with Gasteiger partial charge in [-0.05, 0) is 53.6 Å². The fourth-order valence-electron chi connectivity index (χ4n) is 3.61. The Morgan fingerprint density at radius 3 is 2.53 bits per heavy atom. The lowest BCUT2D eigenvalue weighted by atomic mass is 9.97. The first-order valence-electron chi connectivity index (χ1n) is 10.4. The average molecular weight is 408 g/mol. The summed E-state index contributed by atoms with van der Waals surface area (Å²) >= 11 is 0. The molecule has 0 radical (unpaired) electrons. The van der Waals surface area contributed by atoms with Crippen molar-refractivity contribution in [1.82, 2.24) is 5.16 Å². The standard InChI is InChI=1S/C24H29N3O3/c1-15(28)27(18-8-9-18)20-13-17(7-11-22(20)29-5)16-6-10-21-19(12-16)23(26-30-21)25-14-24(2,3)4/h6-7,10-13,18H,8-9,14H2,1-5H3,(H,25,26). The van der Waals surface area contributed by atoms with Crippen molar-refractivity contribution in [3.8, 4) is 16.9 Å². The van der Waals surface area contributed by atoms with Crippen molar-refractivity contribution in [2.45, 2.75) is 46.6 Å². The van der Waals surface area contributed by atoms with E-state index in [1.165, 1.54) is 0 Å². The van der Waals surface area contributed by atoms with Crippen LogP contribution < -0.4 is 15.0 Å². The normalized spacial score (nSPS) is 14.0. The third-order valence-electron chi connectivity index (χ3n) is 5.28. The number of nitrogens with zero attached hydrogens (tertiary/aromatic N) is 2. The van der Waals surface area contributed by atoms with Gasteiger partial charge in [-0.3, -0.25) is 4.79 Å². The van der Waals surface area contributed by atoms with Crippen molar-refractivity contribution in [2.24, 2.45) is 5.41 Å². The van der Waals surface area contributed by atoms with Gasteiger partial charge in [-0.2, -0.15) is 0 Å². The zero-order valence-corrected chi connectivity index (χ0v) is 18.3. The molecular formula is C24H29N3O3. The summed E-state index contributed by atoms with van der Waals surface area (Å²) in [6, 6.07) is 12.3. The summed E-state index contributed by atoms with van der Waals surface area (Å²) in [5.41, 5.74) is 3.75. The summed E-state index contributed by atoms with van der Waals surface area (Å²) in [5, 5.41) is 8.54. The van der Waals surface area contributed by atoms with E-state index in [1.54, 1.807) is 14.0 Å². The minimum Gasteiger partial charge on any atom is -0.495 e. The van der Waals surface area contributed by atoms with Gasteiger partial charge in [0, 0.05) is 19.5 Å². The number of methoxy groups -OCH3 is 1. The predicted molar refractivity (Wildman–Crippen MR) is 120 cm³/mol. The molecule has 2 aromatic carbocycles. The molecule has 0 atom stereocenters. The summed E-state index contributed by atoms with van der Waals surface area (Å²) in [5.74, 6) is 1.49. The Morgan fingerprint density at radius 2 is 1.90 bits per heavy atom. The molecule has 6 nitrogen and oxygen atoms in total. The molecule has 1 fully saturated rings. The monoisotopic (exact) mass is 407 g/mol. The van der Waals surface area contributed by atoms with E-state index in [9.17, 15) is 4.79 Å². The molecule has 1 aliphatic rings. The van der Waals surface area contributed by atoms with E-state index in [0.717, 1.165) is 53.0 Å². The van der Waals surface area contributed by atoms with Gasteiger partial charge in [0.25, 0.3) is 0 Å². The third-order valence-corrected chi connectivity index (χ3v) is 5.28. The van der Waals surface area contributed by atoms with E-state index in [4.69, 9.17) is 9.26 Å². The van der Waals surface area contributed by atoms with Gasteiger partial charge in [0.2, 0.25) is 5.91 Å². The first-order valence-corrected chi connectivity index (χ1v) is 10.4. The van der Waals surface area contributed by atoms with Crippen LogP contribution in [0.5, 0.6) is 5.75 Å². The van der Waals surface area contributed by atoms with Crippen LogP contribution in [0.1, 0.15) is 40.5 Å². The van der Waals surface area contributed by atoms with Crippen LogP contribution in [-0.4, -0.2) is 30.8 Å². The van der Waals surface area contributed by atoms with Gasteiger partial charge in [0.15, 0.2) is 11.4 Å². The second kappa shape index (κ2) is 7.67. The summed E-state index contributed by atoms with van der Waals surface area (Å²) < 4.78 is 11.0. The Labute approximate surface area is 177 Å². The maximum atomic E-state index is 12.3. The molecule has 1 aromatic heterocycles. The largest absolute Gasteiger partial charge is 0.495 e. The highest BCUT2D eigenvalue weighted by atomic mass is 16.5. The Hall–Kier alpha value is -3.02. The van der Waals surface area contributed by atoms with E-state index < -0.39 is 0 Å². The van der Waals surface area contributed by atoms with Gasteiger partial charge in [0.05, 0.1) is 18.2 Å². The van der Waals surface area contributed by atoms with Crippen LogP contribution >= 0.6 is 0 Å². The van der Waals surface area contributed by atoms with Crippen LogP contribution in [0.25, 0.3) is 22.1 Å². The highest BCUT2D eigenvalue weighted by Crippen LogP contribution is 2.40. The summed E-state index contributed by atoms with van der Waals surface area (Å²) in [7, 11) is 1.64. The fourth-order valence-corrected chi connectivity index (χ4v) is 3.61. The third kappa shape index (κ3) is 4.13. The maximum absolute atomic E-state index is 12.3. The van der Waals surface area contributed by atoms with Crippen LogP contribution in [0, 0.1) is 5.41 Å². The van der Waals surface area contributed by atoms with Crippen molar-refractivity contribution in [3.63, 3.8) is 0 Å². The zero-order valence-electron chi connectivity index (χ0n) is 18.3. The van der Waals surface area contributed by atoms with Gasteiger partial charge in [0.1, 0.15) is 5.75 Å². The molecule has 1 amide bonds. The Kier molecular flexibility index (Phi) is 5.18. The number of anilines is 2. The van der Waals surface area contributed by atoms with Crippen LogP contribution in [-0.2, 0) is 4.79 Å². The number of ether oxygens (including phenoxy) is 1. The first kappa shape index (κ1) is 20.3. The maximum Gasteiger partial charge on any atom is 0.224 e. The molecule has 0 saturated heterocycles. The molecule has 0 spiro atoms. The zero-order chi connectivity index (χ0) is 21.5. The van der Waals surface area contributed by atoms with Crippen LogP contribution in [0.15, 0.2) is 40.9 Å². The van der Waals surface area contributed by atoms with Gasteiger partial charge >= 0.3 is 0 Å². The number of fused-ring (bicyclic) bond motifs is 1. The molecule has 0 bridgehead atoms. The molecular weight excluding hydrogens is 378 g/mol. The highest BCUT2D eigenvalue weighted by Gasteiger charge is 2.33. The number of rotatable bonds is 6.